The van der Waals surface area contributed by atoms with Crippen molar-refractivity contribution in [1.82, 2.24) is 14.8 Å². The largest absolute Gasteiger partial charge is 0.497 e. The number of nitrogens with one attached hydrogen (secondary N) is 1. The average molecular weight is 434 g/mol. The third-order valence-corrected chi connectivity index (χ3v) is 8.37. The van der Waals surface area contributed by atoms with Gasteiger partial charge in [0.25, 0.3) is 0 Å². The fourth-order valence-corrected chi connectivity index (χ4v) is 6.66. The van der Waals surface area contributed by atoms with Gasteiger partial charge in [0.1, 0.15) is 5.75 Å². The fraction of sp³-hybridized carbons (Fsp3) is 0.591. The maximum Gasteiger partial charge on any atom is 0.237 e. The second-order valence-electron chi connectivity index (χ2n) is 8.44. The lowest BCUT2D eigenvalue weighted by Gasteiger charge is -2.34. The number of ether oxygens (including phenoxy) is 1. The quantitative estimate of drug-likeness (QED) is 0.756. The number of aromatic amines is 1. The van der Waals surface area contributed by atoms with Crippen LogP contribution in [0.1, 0.15) is 37.7 Å². The number of fused-ring (bicyclic) bond motifs is 1. The van der Waals surface area contributed by atoms with Gasteiger partial charge in [-0.25, -0.2) is 8.42 Å². The number of sulfone groups is 1. The number of nitrogens with zero attached hydrogens (tertiary/aromatic N) is 2. The number of likely N-dealkylation sites (N-methyl/N-ethyl adjacent to an activating group) is 1. The molecule has 0 aliphatic carbocycles. The van der Waals surface area contributed by atoms with Gasteiger partial charge in [0.15, 0.2) is 9.84 Å². The smallest absolute Gasteiger partial charge is 0.237 e. The second-order valence-corrected chi connectivity index (χ2v) is 10.7. The van der Waals surface area contributed by atoms with E-state index in [9.17, 15) is 13.2 Å². The zero-order chi connectivity index (χ0) is 21.3. The van der Waals surface area contributed by atoms with Crippen LogP contribution in [-0.2, 0) is 14.6 Å². The fourth-order valence-electron chi connectivity index (χ4n) is 4.93. The molecule has 0 radical (unpaired) electrons. The van der Waals surface area contributed by atoms with E-state index in [4.69, 9.17) is 4.74 Å². The van der Waals surface area contributed by atoms with Gasteiger partial charge in [-0.05, 0) is 69.0 Å². The van der Waals surface area contributed by atoms with Crippen LogP contribution in [-0.4, -0.2) is 79.9 Å². The number of piperidine rings is 1. The molecule has 0 bridgehead atoms. The van der Waals surface area contributed by atoms with E-state index in [2.05, 4.69) is 22.1 Å². The summed E-state index contributed by atoms with van der Waals surface area (Å²) in [5.74, 6) is 1.68. The highest BCUT2D eigenvalue weighted by atomic mass is 32.2. The lowest BCUT2D eigenvalue weighted by molar-refractivity contribution is -0.134. The summed E-state index contributed by atoms with van der Waals surface area (Å²) in [5, 5.41) is 1.21. The maximum absolute atomic E-state index is 12.9. The summed E-state index contributed by atoms with van der Waals surface area (Å²) in [6.45, 7) is 4.60. The number of carbonyl (C=O) groups is 1. The number of methoxy groups -OCH3 is 1. The molecule has 1 unspecified atom stereocenters. The summed E-state index contributed by atoms with van der Waals surface area (Å²) in [6, 6.07) is 5.94. The van der Waals surface area contributed by atoms with E-state index in [1.807, 2.05) is 19.1 Å². The van der Waals surface area contributed by atoms with Crippen LogP contribution >= 0.6 is 0 Å². The van der Waals surface area contributed by atoms with Crippen molar-refractivity contribution in [3.63, 3.8) is 0 Å². The van der Waals surface area contributed by atoms with Crippen LogP contribution in [0, 0.1) is 0 Å². The molecule has 1 aromatic heterocycles. The number of carbonyl (C=O) groups excluding carboxylic acids is 1. The topological polar surface area (TPSA) is 82.7 Å². The molecule has 1 amide bonds. The molecular formula is C22H31N3O4S. The molecule has 164 valence electrons. The molecule has 1 N–H and O–H groups in total. The molecule has 1 atom stereocenters. The van der Waals surface area contributed by atoms with E-state index >= 15 is 0 Å². The van der Waals surface area contributed by atoms with E-state index in [1.54, 1.807) is 12.0 Å². The van der Waals surface area contributed by atoms with E-state index in [1.165, 1.54) is 10.9 Å². The number of hydrogen-bond acceptors (Lipinski definition) is 5. The first-order valence-electron chi connectivity index (χ1n) is 10.8. The molecule has 2 aliphatic heterocycles. The number of rotatable bonds is 6. The first kappa shape index (κ1) is 21.2. The summed E-state index contributed by atoms with van der Waals surface area (Å²) in [7, 11) is -1.31. The summed E-state index contributed by atoms with van der Waals surface area (Å²) in [4.78, 5) is 20.2. The Morgan fingerprint density at radius 2 is 2.03 bits per heavy atom. The van der Waals surface area contributed by atoms with Gasteiger partial charge in [0.05, 0.1) is 25.2 Å². The van der Waals surface area contributed by atoms with Crippen LogP contribution < -0.4 is 4.74 Å². The Balaban J connectivity index is 1.36. The Morgan fingerprint density at radius 1 is 1.27 bits per heavy atom. The third kappa shape index (κ3) is 4.34. The lowest BCUT2D eigenvalue weighted by atomic mass is 9.89. The van der Waals surface area contributed by atoms with Gasteiger partial charge in [0.2, 0.25) is 5.91 Å². The van der Waals surface area contributed by atoms with Crippen LogP contribution in [0.4, 0.5) is 0 Å². The van der Waals surface area contributed by atoms with E-state index in [0.717, 1.165) is 37.2 Å². The Morgan fingerprint density at radius 3 is 2.67 bits per heavy atom. The van der Waals surface area contributed by atoms with Crippen LogP contribution in [0.25, 0.3) is 10.9 Å². The van der Waals surface area contributed by atoms with Gasteiger partial charge in [0, 0.05) is 29.7 Å². The Kier molecular flexibility index (Phi) is 6.06. The number of amides is 1. The molecule has 7 nitrogen and oxygen atoms in total. The van der Waals surface area contributed by atoms with Gasteiger partial charge in [-0.15, -0.1) is 0 Å². The molecule has 1 aromatic carbocycles. The number of aromatic nitrogens is 1. The first-order valence-corrected chi connectivity index (χ1v) is 12.6. The minimum Gasteiger partial charge on any atom is -0.497 e. The van der Waals surface area contributed by atoms with Crippen molar-refractivity contribution in [2.24, 2.45) is 0 Å². The third-order valence-electron chi connectivity index (χ3n) is 6.62. The van der Waals surface area contributed by atoms with Crippen molar-refractivity contribution in [2.75, 3.05) is 44.8 Å². The summed E-state index contributed by atoms with van der Waals surface area (Å²) in [5.41, 5.74) is 2.44. The molecule has 4 rings (SSSR count). The van der Waals surface area contributed by atoms with Crippen molar-refractivity contribution < 1.29 is 17.9 Å². The summed E-state index contributed by atoms with van der Waals surface area (Å²) >= 11 is 0. The zero-order valence-corrected chi connectivity index (χ0v) is 18.6. The number of benzene rings is 1. The van der Waals surface area contributed by atoms with Gasteiger partial charge < -0.3 is 14.6 Å². The molecule has 0 spiro atoms. The molecule has 2 fully saturated rings. The van der Waals surface area contributed by atoms with Crippen molar-refractivity contribution in [3.05, 3.63) is 30.0 Å². The van der Waals surface area contributed by atoms with Crippen molar-refractivity contribution in [2.45, 2.75) is 38.1 Å². The summed E-state index contributed by atoms with van der Waals surface area (Å²) in [6.07, 6.45) is 4.67. The predicted molar refractivity (Wildman–Crippen MR) is 118 cm³/mol. The minimum atomic E-state index is -2.99. The lowest BCUT2D eigenvalue weighted by Crippen LogP contribution is -2.47. The second kappa shape index (κ2) is 8.59. The minimum absolute atomic E-state index is 0.0508. The number of H-pyrrole nitrogens is 1. The van der Waals surface area contributed by atoms with E-state index in [0.29, 0.717) is 25.4 Å². The Labute approximate surface area is 178 Å². The number of likely N-dealkylation sites (tertiary alicyclic amines) is 1. The highest BCUT2D eigenvalue weighted by molar-refractivity contribution is 7.91. The molecule has 2 saturated heterocycles. The van der Waals surface area contributed by atoms with Gasteiger partial charge in [-0.1, -0.05) is 0 Å². The van der Waals surface area contributed by atoms with E-state index in [-0.39, 0.29) is 23.5 Å². The molecule has 8 heteroatoms. The average Bonchev–Trinajstić information content (AvgIpc) is 3.31. The molecule has 0 saturated carbocycles. The maximum atomic E-state index is 12.9. The SMILES string of the molecule is CCN(C(=O)CN1CCC(c2c[nH]c3ccc(OC)cc23)CC1)C1CCS(=O)(=O)C1. The highest BCUT2D eigenvalue weighted by Gasteiger charge is 2.34. The van der Waals surface area contributed by atoms with Crippen LogP contribution in [0.15, 0.2) is 24.4 Å². The summed E-state index contributed by atoms with van der Waals surface area (Å²) < 4.78 is 29.0. The van der Waals surface area contributed by atoms with Crippen molar-refractivity contribution >= 4 is 26.6 Å². The molecule has 30 heavy (non-hydrogen) atoms. The van der Waals surface area contributed by atoms with Crippen LogP contribution in [0.2, 0.25) is 0 Å². The monoisotopic (exact) mass is 433 g/mol. The molecule has 3 heterocycles. The standard InChI is InChI=1S/C22H31N3O4S/c1-3-25(17-8-11-30(27,28)15-17)22(26)14-24-9-6-16(7-10-24)20-13-23-21-5-4-18(29-2)12-19(20)21/h4-5,12-13,16-17,23H,3,6-11,14-15H2,1-2H3. The normalized spacial score (nSPS) is 22.4. The van der Waals surface area contributed by atoms with Gasteiger partial charge in [-0.2, -0.15) is 0 Å². The number of hydrogen-bond donors (Lipinski definition) is 1. The molecular weight excluding hydrogens is 402 g/mol. The van der Waals surface area contributed by atoms with Crippen molar-refractivity contribution in [1.29, 1.82) is 0 Å². The highest BCUT2D eigenvalue weighted by Crippen LogP contribution is 2.34. The zero-order valence-electron chi connectivity index (χ0n) is 17.8. The van der Waals surface area contributed by atoms with Crippen LogP contribution in [0.3, 0.4) is 0 Å². The van der Waals surface area contributed by atoms with Crippen molar-refractivity contribution in [3.8, 4) is 5.75 Å². The van der Waals surface area contributed by atoms with E-state index < -0.39 is 9.84 Å². The van der Waals surface area contributed by atoms with Gasteiger partial charge in [-0.3, -0.25) is 9.69 Å². The molecule has 2 aromatic rings. The van der Waals surface area contributed by atoms with Crippen LogP contribution in [0.5, 0.6) is 5.75 Å². The Hall–Kier alpha value is -2.06. The molecule has 2 aliphatic rings. The van der Waals surface area contributed by atoms with Gasteiger partial charge >= 0.3 is 0 Å². The first-order chi connectivity index (χ1) is 14.4. The Bertz CT molecular complexity index is 1010. The predicted octanol–water partition coefficient (Wildman–Crippen LogP) is 2.39.